The predicted octanol–water partition coefficient (Wildman–Crippen LogP) is 1.73. The first-order valence-corrected chi connectivity index (χ1v) is 8.66. The van der Waals surface area contributed by atoms with Crippen LogP contribution in [-0.4, -0.2) is 57.4 Å². The summed E-state index contributed by atoms with van der Waals surface area (Å²) < 4.78 is 47.9. The van der Waals surface area contributed by atoms with Gasteiger partial charge in [0.15, 0.2) is 11.5 Å². The van der Waals surface area contributed by atoms with Gasteiger partial charge in [0, 0.05) is 25.1 Å². The second-order valence-electron chi connectivity index (χ2n) is 7.57. The van der Waals surface area contributed by atoms with Crippen molar-refractivity contribution in [2.24, 2.45) is 10.8 Å². The topological polar surface area (TPSA) is 75.8 Å². The molecule has 3 atom stereocenters. The third-order valence-electron chi connectivity index (χ3n) is 6.14. The maximum Gasteiger partial charge on any atom is 0.396 e. The molecule has 140 valence electrons. The summed E-state index contributed by atoms with van der Waals surface area (Å²) in [5.74, 6) is 1.01. The van der Waals surface area contributed by atoms with Gasteiger partial charge in [-0.05, 0) is 31.4 Å². The molecule has 1 N–H and O–H groups in total. The van der Waals surface area contributed by atoms with E-state index < -0.39 is 23.6 Å². The van der Waals surface area contributed by atoms with Gasteiger partial charge in [0.25, 0.3) is 0 Å². The van der Waals surface area contributed by atoms with E-state index >= 15 is 0 Å². The van der Waals surface area contributed by atoms with Crippen LogP contribution in [0.25, 0.3) is 5.65 Å². The number of hydrogen-bond acceptors (Lipinski definition) is 6. The van der Waals surface area contributed by atoms with Crippen molar-refractivity contribution >= 4 is 11.5 Å². The molecule has 5 rings (SSSR count). The monoisotopic (exact) mass is 369 g/mol. The Morgan fingerprint density at radius 1 is 1.27 bits per heavy atom. The highest BCUT2D eigenvalue weighted by Gasteiger charge is 2.83. The molecule has 7 nitrogen and oxygen atoms in total. The molecule has 3 aliphatic rings. The maximum atomic E-state index is 13.6. The van der Waals surface area contributed by atoms with Gasteiger partial charge >= 0.3 is 6.18 Å². The van der Waals surface area contributed by atoms with Crippen molar-refractivity contribution in [3.05, 3.63) is 18.0 Å². The van der Waals surface area contributed by atoms with Gasteiger partial charge in [-0.15, -0.1) is 15.3 Å². The number of piperidine rings is 1. The summed E-state index contributed by atoms with van der Waals surface area (Å²) in [5.41, 5.74) is -2.42. The number of aliphatic hydroxyl groups excluding tert-OH is 1. The van der Waals surface area contributed by atoms with Crippen LogP contribution in [0.1, 0.15) is 31.2 Å². The number of ether oxygens (including phenoxy) is 1. The fourth-order valence-electron chi connectivity index (χ4n) is 4.57. The Labute approximate surface area is 146 Å². The molecule has 26 heavy (non-hydrogen) atoms. The Kier molecular flexibility index (Phi) is 3.17. The maximum absolute atomic E-state index is 13.6. The highest BCUT2D eigenvalue weighted by atomic mass is 19.4. The third-order valence-corrected chi connectivity index (χ3v) is 6.14. The molecule has 2 aromatic rings. The standard InChI is InChI=1S/C16H18F3N5O2/c17-16(18,19)15-6-14(15,9-25)7-23(8-15)12-4-3-11-20-21-13(24(11)22-12)10-2-1-5-26-10/h3-4,10,25H,1-2,5-9H2/t10?,14-,15-/m1/s1. The Balaban J connectivity index is 1.49. The molecule has 2 aliphatic heterocycles. The summed E-state index contributed by atoms with van der Waals surface area (Å²) in [6.45, 7) is 0.128. The number of aliphatic hydroxyl groups is 1. The first-order chi connectivity index (χ1) is 12.4. The van der Waals surface area contributed by atoms with Crippen molar-refractivity contribution in [3.63, 3.8) is 0 Å². The second-order valence-corrected chi connectivity index (χ2v) is 7.57. The SMILES string of the molecule is OC[C@@]12CN(c3ccc4nnc(C5CCCO5)n4n3)C[C@]1(C(F)(F)F)C2. The van der Waals surface area contributed by atoms with E-state index in [1.54, 1.807) is 21.5 Å². The van der Waals surface area contributed by atoms with Crippen molar-refractivity contribution in [2.45, 2.75) is 31.5 Å². The molecular formula is C16H18F3N5O2. The molecule has 1 aliphatic carbocycles. The van der Waals surface area contributed by atoms with Crippen LogP contribution >= 0.6 is 0 Å². The van der Waals surface area contributed by atoms with Gasteiger partial charge in [0.1, 0.15) is 11.9 Å². The van der Waals surface area contributed by atoms with Crippen molar-refractivity contribution in [3.8, 4) is 0 Å². The number of fused-ring (bicyclic) bond motifs is 2. The zero-order chi connectivity index (χ0) is 18.2. The third kappa shape index (κ3) is 1.99. The molecule has 0 radical (unpaired) electrons. The molecule has 2 saturated heterocycles. The van der Waals surface area contributed by atoms with Gasteiger partial charge in [0.05, 0.1) is 12.0 Å². The van der Waals surface area contributed by atoms with E-state index in [0.717, 1.165) is 12.8 Å². The van der Waals surface area contributed by atoms with Crippen molar-refractivity contribution in [1.82, 2.24) is 19.8 Å². The van der Waals surface area contributed by atoms with Crippen LogP contribution in [0.5, 0.6) is 0 Å². The average Bonchev–Trinajstić information content (AvgIpc) is 3.07. The molecule has 0 bridgehead atoms. The summed E-state index contributed by atoms with van der Waals surface area (Å²) in [5, 5.41) is 22.3. The number of nitrogens with zero attached hydrogens (tertiary/aromatic N) is 5. The minimum atomic E-state index is -4.34. The molecule has 3 fully saturated rings. The first-order valence-electron chi connectivity index (χ1n) is 8.66. The van der Waals surface area contributed by atoms with Crippen LogP contribution in [0.15, 0.2) is 12.1 Å². The minimum absolute atomic E-state index is 0.0213. The second kappa shape index (κ2) is 5.07. The van der Waals surface area contributed by atoms with Crippen LogP contribution in [-0.2, 0) is 4.74 Å². The van der Waals surface area contributed by atoms with E-state index in [2.05, 4.69) is 15.3 Å². The van der Waals surface area contributed by atoms with Crippen LogP contribution in [0, 0.1) is 10.8 Å². The smallest absolute Gasteiger partial charge is 0.396 e. The molecule has 2 aromatic heterocycles. The lowest BCUT2D eigenvalue weighted by molar-refractivity contribution is -0.192. The quantitative estimate of drug-likeness (QED) is 0.888. The van der Waals surface area contributed by atoms with Gasteiger partial charge < -0.3 is 14.7 Å². The molecule has 4 heterocycles. The van der Waals surface area contributed by atoms with E-state index in [1.165, 1.54) is 0 Å². The number of halogens is 3. The lowest BCUT2D eigenvalue weighted by Crippen LogP contribution is -2.34. The molecule has 1 saturated carbocycles. The minimum Gasteiger partial charge on any atom is -0.396 e. The lowest BCUT2D eigenvalue weighted by Gasteiger charge is -2.23. The van der Waals surface area contributed by atoms with E-state index in [4.69, 9.17) is 4.74 Å². The molecule has 0 spiro atoms. The van der Waals surface area contributed by atoms with Crippen LogP contribution < -0.4 is 4.90 Å². The van der Waals surface area contributed by atoms with E-state index in [0.29, 0.717) is 23.9 Å². The number of hydrogen-bond donors (Lipinski definition) is 1. The number of alkyl halides is 3. The Morgan fingerprint density at radius 2 is 2.12 bits per heavy atom. The number of anilines is 1. The largest absolute Gasteiger partial charge is 0.396 e. The van der Waals surface area contributed by atoms with Crippen molar-refractivity contribution < 1.29 is 23.0 Å². The molecule has 0 amide bonds. The molecular weight excluding hydrogens is 351 g/mol. The fraction of sp³-hybridized carbons (Fsp3) is 0.688. The summed E-state index contributed by atoms with van der Waals surface area (Å²) in [6.07, 6.45) is -2.80. The molecule has 10 heteroatoms. The summed E-state index contributed by atoms with van der Waals surface area (Å²) >= 11 is 0. The zero-order valence-electron chi connectivity index (χ0n) is 13.9. The van der Waals surface area contributed by atoms with Gasteiger partial charge in [-0.2, -0.15) is 17.7 Å². The van der Waals surface area contributed by atoms with Gasteiger partial charge in [-0.25, -0.2) is 0 Å². The molecule has 1 unspecified atom stereocenters. The van der Waals surface area contributed by atoms with Crippen LogP contribution in [0.2, 0.25) is 0 Å². The highest BCUT2D eigenvalue weighted by molar-refractivity contribution is 5.50. The van der Waals surface area contributed by atoms with E-state index in [-0.39, 0.29) is 25.6 Å². The van der Waals surface area contributed by atoms with Crippen LogP contribution in [0.4, 0.5) is 19.0 Å². The fourth-order valence-corrected chi connectivity index (χ4v) is 4.57. The number of aromatic nitrogens is 4. The predicted molar refractivity (Wildman–Crippen MR) is 83.5 cm³/mol. The summed E-state index contributed by atoms with van der Waals surface area (Å²) in [4.78, 5) is 1.60. The summed E-state index contributed by atoms with van der Waals surface area (Å²) in [7, 11) is 0. The molecule has 0 aromatic carbocycles. The first kappa shape index (κ1) is 16.2. The van der Waals surface area contributed by atoms with Crippen LogP contribution in [0.3, 0.4) is 0 Å². The average molecular weight is 369 g/mol. The Morgan fingerprint density at radius 3 is 2.77 bits per heavy atom. The number of rotatable bonds is 3. The lowest BCUT2D eigenvalue weighted by atomic mass is 9.97. The van der Waals surface area contributed by atoms with Crippen molar-refractivity contribution in [2.75, 3.05) is 31.2 Å². The van der Waals surface area contributed by atoms with E-state index in [9.17, 15) is 18.3 Å². The summed E-state index contributed by atoms with van der Waals surface area (Å²) in [6, 6.07) is 3.35. The zero-order valence-corrected chi connectivity index (χ0v) is 13.9. The van der Waals surface area contributed by atoms with E-state index in [1.807, 2.05) is 0 Å². The van der Waals surface area contributed by atoms with Crippen molar-refractivity contribution in [1.29, 1.82) is 0 Å². The Bertz CT molecular complexity index is 865. The highest BCUT2D eigenvalue weighted by Crippen LogP contribution is 2.74. The van der Waals surface area contributed by atoms with Gasteiger partial charge in [-0.3, -0.25) is 0 Å². The van der Waals surface area contributed by atoms with Gasteiger partial charge in [-0.1, -0.05) is 0 Å². The Hall–Kier alpha value is -1.94. The normalized spacial score (nSPS) is 33.8. The van der Waals surface area contributed by atoms with Gasteiger partial charge in [0.2, 0.25) is 0 Å².